The summed E-state index contributed by atoms with van der Waals surface area (Å²) in [7, 11) is 0. The van der Waals surface area contributed by atoms with Gasteiger partial charge < -0.3 is 16.0 Å². The van der Waals surface area contributed by atoms with Gasteiger partial charge in [-0.1, -0.05) is 12.1 Å². The van der Waals surface area contributed by atoms with E-state index in [9.17, 15) is 9.18 Å². The Hall–Kier alpha value is -1.33. The van der Waals surface area contributed by atoms with Gasteiger partial charge in [0.2, 0.25) is 0 Å². The Bertz CT molecular complexity index is 402. The number of para-hydroxylation sites is 1. The van der Waals surface area contributed by atoms with Crippen LogP contribution in [0.1, 0.15) is 6.42 Å². The number of nitrogens with two attached hydrogens (primary N) is 1. The second-order valence-corrected chi connectivity index (χ2v) is 3.90. The van der Waals surface area contributed by atoms with E-state index in [4.69, 9.17) is 5.73 Å². The molecule has 3 N–H and O–H groups in total. The van der Waals surface area contributed by atoms with Gasteiger partial charge in [-0.2, -0.15) is 0 Å². The van der Waals surface area contributed by atoms with Crippen molar-refractivity contribution in [3.63, 3.8) is 0 Å². The standard InChI is InChI=1S/C11H14FN3O.ClH/c12-9-3-1-2-4-10(9)14-11(16)15-6-5-8(13)7-15;/h1-4,8H,5-7,13H2,(H,14,16);1H. The summed E-state index contributed by atoms with van der Waals surface area (Å²) in [4.78, 5) is 13.3. The summed E-state index contributed by atoms with van der Waals surface area (Å²) in [6.07, 6.45) is 0.796. The van der Waals surface area contributed by atoms with Gasteiger partial charge in [-0.05, 0) is 18.6 Å². The minimum absolute atomic E-state index is 0. The molecule has 4 nitrogen and oxygen atoms in total. The molecule has 17 heavy (non-hydrogen) atoms. The van der Waals surface area contributed by atoms with Crippen LogP contribution in [0.4, 0.5) is 14.9 Å². The van der Waals surface area contributed by atoms with Crippen molar-refractivity contribution < 1.29 is 9.18 Å². The van der Waals surface area contributed by atoms with Crippen molar-refractivity contribution in [2.45, 2.75) is 12.5 Å². The van der Waals surface area contributed by atoms with E-state index in [2.05, 4.69) is 5.32 Å². The quantitative estimate of drug-likeness (QED) is 0.808. The molecule has 1 saturated heterocycles. The van der Waals surface area contributed by atoms with Crippen LogP contribution in [0.3, 0.4) is 0 Å². The summed E-state index contributed by atoms with van der Waals surface area (Å²) in [6.45, 7) is 1.15. The highest BCUT2D eigenvalue weighted by Gasteiger charge is 2.23. The molecule has 1 aromatic carbocycles. The molecule has 0 radical (unpaired) electrons. The first-order valence-electron chi connectivity index (χ1n) is 5.23. The van der Waals surface area contributed by atoms with Crippen LogP contribution in [0.2, 0.25) is 0 Å². The number of anilines is 1. The first-order chi connectivity index (χ1) is 7.66. The second kappa shape index (κ2) is 5.84. The van der Waals surface area contributed by atoms with Gasteiger partial charge >= 0.3 is 6.03 Å². The Morgan fingerprint density at radius 1 is 1.47 bits per heavy atom. The Morgan fingerprint density at radius 2 is 2.18 bits per heavy atom. The number of amides is 2. The third kappa shape index (κ3) is 3.31. The van der Waals surface area contributed by atoms with Gasteiger partial charge in [-0.3, -0.25) is 0 Å². The Morgan fingerprint density at radius 3 is 2.76 bits per heavy atom. The van der Waals surface area contributed by atoms with Crippen molar-refractivity contribution in [1.29, 1.82) is 0 Å². The lowest BCUT2D eigenvalue weighted by Gasteiger charge is -2.16. The van der Waals surface area contributed by atoms with E-state index in [0.29, 0.717) is 13.1 Å². The first-order valence-corrected chi connectivity index (χ1v) is 5.23. The lowest BCUT2D eigenvalue weighted by Crippen LogP contribution is -2.35. The number of carbonyl (C=O) groups is 1. The smallest absolute Gasteiger partial charge is 0.321 e. The first kappa shape index (κ1) is 13.7. The molecular weight excluding hydrogens is 245 g/mol. The average molecular weight is 260 g/mol. The van der Waals surface area contributed by atoms with Crippen LogP contribution in [0, 0.1) is 5.82 Å². The second-order valence-electron chi connectivity index (χ2n) is 3.90. The van der Waals surface area contributed by atoms with Crippen LogP contribution in [-0.2, 0) is 0 Å². The van der Waals surface area contributed by atoms with Crippen LogP contribution in [0.5, 0.6) is 0 Å². The van der Waals surface area contributed by atoms with Gasteiger partial charge in [0.1, 0.15) is 5.82 Å². The molecule has 0 saturated carbocycles. The zero-order valence-corrected chi connectivity index (χ0v) is 10.0. The van der Waals surface area contributed by atoms with E-state index in [1.165, 1.54) is 12.1 Å². The number of carbonyl (C=O) groups excluding carboxylic acids is 1. The van der Waals surface area contributed by atoms with E-state index in [0.717, 1.165) is 6.42 Å². The van der Waals surface area contributed by atoms with Crippen LogP contribution in [-0.4, -0.2) is 30.1 Å². The molecule has 2 amide bonds. The van der Waals surface area contributed by atoms with Crippen molar-refractivity contribution in [2.75, 3.05) is 18.4 Å². The SMILES string of the molecule is Cl.NC1CCN(C(=O)Nc2ccccc2F)C1. The average Bonchev–Trinajstić information content (AvgIpc) is 2.68. The summed E-state index contributed by atoms with van der Waals surface area (Å²) in [5.74, 6) is -0.431. The molecule has 6 heteroatoms. The largest absolute Gasteiger partial charge is 0.326 e. The van der Waals surface area contributed by atoms with E-state index in [1.807, 2.05) is 0 Å². The monoisotopic (exact) mass is 259 g/mol. The molecular formula is C11H15ClFN3O. The molecule has 0 bridgehead atoms. The maximum atomic E-state index is 13.3. The van der Waals surface area contributed by atoms with Gasteiger partial charge in [0.15, 0.2) is 0 Å². The Labute approximate surface area is 105 Å². The minimum Gasteiger partial charge on any atom is -0.326 e. The summed E-state index contributed by atoms with van der Waals surface area (Å²) in [6, 6.07) is 5.84. The fourth-order valence-corrected chi connectivity index (χ4v) is 1.73. The molecule has 0 aliphatic carbocycles. The van der Waals surface area contributed by atoms with E-state index >= 15 is 0 Å². The highest BCUT2D eigenvalue weighted by Crippen LogP contribution is 2.15. The highest BCUT2D eigenvalue weighted by molar-refractivity contribution is 5.89. The zero-order chi connectivity index (χ0) is 11.5. The molecule has 1 aromatic rings. The molecule has 0 aromatic heterocycles. The summed E-state index contributed by atoms with van der Waals surface area (Å²) in [5.41, 5.74) is 5.89. The molecule has 1 unspecified atom stereocenters. The van der Waals surface area contributed by atoms with Crippen molar-refractivity contribution in [2.24, 2.45) is 5.73 Å². The van der Waals surface area contributed by atoms with Crippen LogP contribution < -0.4 is 11.1 Å². The molecule has 1 fully saturated rings. The van der Waals surface area contributed by atoms with E-state index in [1.54, 1.807) is 17.0 Å². The van der Waals surface area contributed by atoms with Crippen LogP contribution >= 0.6 is 12.4 Å². The molecule has 2 rings (SSSR count). The minimum atomic E-state index is -0.431. The Kier molecular flexibility index (Phi) is 4.72. The predicted molar refractivity (Wildman–Crippen MR) is 66.8 cm³/mol. The number of benzene rings is 1. The molecule has 1 atom stereocenters. The van der Waals surface area contributed by atoms with Crippen molar-refractivity contribution in [3.05, 3.63) is 30.1 Å². The van der Waals surface area contributed by atoms with Gasteiger partial charge in [-0.15, -0.1) is 12.4 Å². The third-order valence-corrected chi connectivity index (χ3v) is 2.63. The number of nitrogens with zero attached hydrogens (tertiary/aromatic N) is 1. The molecule has 1 heterocycles. The normalized spacial score (nSPS) is 18.7. The summed E-state index contributed by atoms with van der Waals surface area (Å²) >= 11 is 0. The molecule has 94 valence electrons. The van der Waals surface area contributed by atoms with E-state index < -0.39 is 5.82 Å². The maximum absolute atomic E-state index is 13.3. The third-order valence-electron chi connectivity index (χ3n) is 2.63. The lowest BCUT2D eigenvalue weighted by molar-refractivity contribution is 0.222. The Balaban J connectivity index is 0.00000144. The molecule has 1 aliphatic rings. The number of nitrogens with one attached hydrogen (secondary N) is 1. The number of halogens is 2. The van der Waals surface area contributed by atoms with Crippen LogP contribution in [0.15, 0.2) is 24.3 Å². The number of urea groups is 1. The fraction of sp³-hybridized carbons (Fsp3) is 0.364. The summed E-state index contributed by atoms with van der Waals surface area (Å²) < 4.78 is 13.3. The van der Waals surface area contributed by atoms with Crippen LogP contribution in [0.25, 0.3) is 0 Å². The zero-order valence-electron chi connectivity index (χ0n) is 9.23. The molecule has 1 aliphatic heterocycles. The van der Waals surface area contributed by atoms with E-state index in [-0.39, 0.29) is 30.2 Å². The van der Waals surface area contributed by atoms with Crippen molar-refractivity contribution in [3.8, 4) is 0 Å². The number of hydrogen-bond donors (Lipinski definition) is 2. The number of hydrogen-bond acceptors (Lipinski definition) is 2. The topological polar surface area (TPSA) is 58.4 Å². The highest BCUT2D eigenvalue weighted by atomic mass is 35.5. The fourth-order valence-electron chi connectivity index (χ4n) is 1.73. The van der Waals surface area contributed by atoms with Crippen molar-refractivity contribution >= 4 is 24.1 Å². The van der Waals surface area contributed by atoms with Gasteiger partial charge in [-0.25, -0.2) is 9.18 Å². The lowest BCUT2D eigenvalue weighted by atomic mass is 10.3. The van der Waals surface area contributed by atoms with Gasteiger partial charge in [0, 0.05) is 19.1 Å². The predicted octanol–water partition coefficient (Wildman–Crippen LogP) is 1.81. The number of likely N-dealkylation sites (tertiary alicyclic amines) is 1. The maximum Gasteiger partial charge on any atom is 0.321 e. The summed E-state index contributed by atoms with van der Waals surface area (Å²) in [5, 5.41) is 2.53. The molecule has 0 spiro atoms. The van der Waals surface area contributed by atoms with Gasteiger partial charge in [0.25, 0.3) is 0 Å². The number of rotatable bonds is 1. The van der Waals surface area contributed by atoms with Crippen molar-refractivity contribution in [1.82, 2.24) is 4.90 Å². The van der Waals surface area contributed by atoms with Gasteiger partial charge in [0.05, 0.1) is 5.69 Å².